The smallest absolute Gasteiger partial charge is 2.00 e. The Morgan fingerprint density at radius 3 is 0.375 bits per heavy atom. The van der Waals surface area contributed by atoms with Gasteiger partial charge in [0.05, 0.1) is 0 Å². The van der Waals surface area contributed by atoms with E-state index in [1.54, 1.807) is 0 Å². The summed E-state index contributed by atoms with van der Waals surface area (Å²) in [6.07, 6.45) is 0. The normalized spacial score (nSPS) is 0. The third-order valence-electron chi connectivity index (χ3n) is 0. The quantitative estimate of drug-likeness (QED) is 0.366. The van der Waals surface area contributed by atoms with Crippen molar-refractivity contribution >= 4 is 39.6 Å². The zero-order chi connectivity index (χ0) is 0. The van der Waals surface area contributed by atoms with Gasteiger partial charge in [-0.25, -0.2) is 0 Å². The van der Waals surface area contributed by atoms with Gasteiger partial charge >= 0.3 is 49.5 Å². The molecule has 0 spiro atoms. The summed E-state index contributed by atoms with van der Waals surface area (Å²) < 4.78 is 0. The van der Waals surface area contributed by atoms with E-state index < -0.39 is 0 Å². The van der Waals surface area contributed by atoms with Crippen LogP contribution in [0.4, 0.5) is 0 Å². The molecule has 0 aromatic rings. The fourth-order valence-corrected chi connectivity index (χ4v) is 0. The van der Waals surface area contributed by atoms with E-state index in [0.29, 0.717) is 0 Å². The summed E-state index contributed by atoms with van der Waals surface area (Å²) in [6, 6.07) is 0. The summed E-state index contributed by atoms with van der Waals surface area (Å²) in [6.45, 7) is 0. The van der Waals surface area contributed by atoms with Crippen LogP contribution in [0, 0.1) is 0 Å². The van der Waals surface area contributed by atoms with E-state index in [9.17, 15) is 0 Å². The van der Waals surface area contributed by atoms with Crippen molar-refractivity contribution in [3.05, 3.63) is 0 Å². The van der Waals surface area contributed by atoms with Gasteiger partial charge in [0.15, 0.2) is 0 Å². The first-order valence-corrected chi connectivity index (χ1v) is 0. The van der Waals surface area contributed by atoms with Crippen LogP contribution in [0.5, 0.6) is 0 Å². The van der Waals surface area contributed by atoms with Crippen LogP contribution in [0.25, 0.3) is 0 Å². The van der Waals surface area contributed by atoms with Gasteiger partial charge < -0.3 is 39.6 Å². The number of rotatable bonds is 0. The van der Waals surface area contributed by atoms with Gasteiger partial charge in [-0.2, -0.15) is 0 Å². The molecule has 0 aliphatic carbocycles. The summed E-state index contributed by atoms with van der Waals surface area (Å²) >= 11 is 0. The van der Waals surface area contributed by atoms with Crippen LogP contribution >= 0.6 is 39.6 Å². The van der Waals surface area contributed by atoms with Crippen LogP contribution < -0.4 is 0 Å². The zero-order valence-corrected chi connectivity index (χ0v) is 12.6. The van der Waals surface area contributed by atoms with E-state index in [-0.39, 0.29) is 110 Å². The van der Waals surface area contributed by atoms with Gasteiger partial charge in [0, 0.05) is 21.1 Å². The largest absolute Gasteiger partial charge is 3.00 e. The Morgan fingerprint density at radius 1 is 0.375 bits per heavy atom. The van der Waals surface area contributed by atoms with E-state index >= 15 is 0 Å². The fourth-order valence-electron chi connectivity index (χ4n) is 0. The Hall–Kier alpha value is 3.89. The van der Waals surface area contributed by atoms with Crippen LogP contribution in [-0.2, 0) is 70.5 Å². The van der Waals surface area contributed by atoms with E-state index in [1.165, 1.54) is 0 Å². The maximum absolute atomic E-state index is 0. The molecular weight excluding hydrogens is 484 g/mol. The van der Waals surface area contributed by atoms with E-state index in [0.717, 1.165) is 0 Å². The van der Waals surface area contributed by atoms with Crippen LogP contribution in [0.15, 0.2) is 0 Å². The van der Waals surface area contributed by atoms with Crippen molar-refractivity contribution in [2.45, 2.75) is 0 Å². The number of hydrogen-bond donors (Lipinski definition) is 0. The van der Waals surface area contributed by atoms with Crippen molar-refractivity contribution in [2.24, 2.45) is 0 Å². The standard InChI is InChI=1S/3Ni.4P.W/q3*+2;4*-3;. The first kappa shape index (κ1) is 93.2. The van der Waals surface area contributed by atoms with Gasteiger partial charge in [0.2, 0.25) is 0 Å². The molecule has 62 valence electrons. The molecule has 0 radical (unpaired) electrons. The van der Waals surface area contributed by atoms with Crippen LogP contribution in [0.2, 0.25) is 0 Å². The molecule has 0 aliphatic rings. The molecule has 0 nitrogen and oxygen atoms in total. The summed E-state index contributed by atoms with van der Waals surface area (Å²) in [4.78, 5) is 0. The summed E-state index contributed by atoms with van der Waals surface area (Å²) in [5.41, 5.74) is 0. The molecule has 0 N–H and O–H groups in total. The van der Waals surface area contributed by atoms with Crippen LogP contribution in [0.1, 0.15) is 0 Å². The predicted octanol–water partition coefficient (Wildman–Crippen LogP) is 3.43. The Labute approximate surface area is 109 Å². The minimum absolute atomic E-state index is 0. The molecule has 0 bridgehead atoms. The van der Waals surface area contributed by atoms with Gasteiger partial charge in [-0.05, 0) is 0 Å². The second-order valence-corrected chi connectivity index (χ2v) is 0. The Balaban J connectivity index is 0. The third-order valence-corrected chi connectivity index (χ3v) is 0. The summed E-state index contributed by atoms with van der Waals surface area (Å²) in [5.74, 6) is 0. The van der Waals surface area contributed by atoms with Gasteiger partial charge in [-0.15, -0.1) is 0 Å². The van der Waals surface area contributed by atoms with Crippen molar-refractivity contribution in [3.8, 4) is 0 Å². The molecule has 0 aromatic carbocycles. The minimum Gasteiger partial charge on any atom is -3.00 e. The van der Waals surface area contributed by atoms with Crippen molar-refractivity contribution in [1.29, 1.82) is 0 Å². The van der Waals surface area contributed by atoms with Gasteiger partial charge in [-0.3, -0.25) is 0 Å². The first-order valence-electron chi connectivity index (χ1n) is 0. The molecule has 0 heterocycles. The van der Waals surface area contributed by atoms with Crippen molar-refractivity contribution in [3.63, 3.8) is 0 Å². The molecule has 0 atom stereocenters. The van der Waals surface area contributed by atoms with E-state index in [1.807, 2.05) is 0 Å². The van der Waals surface area contributed by atoms with E-state index in [4.69, 9.17) is 0 Å². The molecule has 0 unspecified atom stereocenters. The third kappa shape index (κ3) is 51.7. The van der Waals surface area contributed by atoms with Crippen molar-refractivity contribution in [2.75, 3.05) is 0 Å². The molecule has 0 amide bonds. The first-order chi connectivity index (χ1) is 0. The topological polar surface area (TPSA) is 0 Å². The summed E-state index contributed by atoms with van der Waals surface area (Å²) in [5, 5.41) is 0. The fraction of sp³-hybridized carbons (Fsp3) is 0. The molecule has 0 rings (SSSR count). The second kappa shape index (κ2) is 70.4. The molecular formula is Ni3P4W-6. The molecule has 0 fully saturated rings. The minimum atomic E-state index is 0. The van der Waals surface area contributed by atoms with Crippen LogP contribution in [0.3, 0.4) is 0 Å². The SMILES string of the molecule is [Ni+2].[Ni+2].[Ni+2].[P-3].[P-3].[P-3].[P-3].[W]. The monoisotopic (exact) mass is 482 g/mol. The average molecular weight is 484 g/mol. The molecule has 8 heteroatoms. The second-order valence-electron chi connectivity index (χ2n) is 0. The predicted molar refractivity (Wildman–Crippen MR) is 27.7 cm³/mol. The van der Waals surface area contributed by atoms with Gasteiger partial charge in [-0.1, -0.05) is 0 Å². The zero-order valence-electron chi connectivity index (χ0n) is 3.15. The molecule has 0 aromatic heterocycles. The molecule has 0 saturated carbocycles. The maximum Gasteiger partial charge on any atom is 2.00 e. The average Bonchev–Trinajstić information content (AvgIpc) is 0. The van der Waals surface area contributed by atoms with E-state index in [2.05, 4.69) is 0 Å². The molecule has 8 heavy (non-hydrogen) atoms. The van der Waals surface area contributed by atoms with Crippen molar-refractivity contribution < 1.29 is 70.5 Å². The Kier molecular flexibility index (Phi) is 820. The van der Waals surface area contributed by atoms with Crippen molar-refractivity contribution in [1.82, 2.24) is 0 Å². The summed E-state index contributed by atoms with van der Waals surface area (Å²) in [7, 11) is 0. The Bertz CT molecular complexity index is 11.2. The molecule has 0 saturated heterocycles. The van der Waals surface area contributed by atoms with Gasteiger partial charge in [0.25, 0.3) is 0 Å². The van der Waals surface area contributed by atoms with Crippen LogP contribution in [-0.4, -0.2) is 0 Å². The van der Waals surface area contributed by atoms with Gasteiger partial charge in [0.1, 0.15) is 0 Å². The maximum atomic E-state index is 0. The number of hydrogen-bond acceptors (Lipinski definition) is 0. The Morgan fingerprint density at radius 2 is 0.375 bits per heavy atom. The molecule has 0 aliphatic heterocycles.